The Balaban J connectivity index is 0.000000148. The van der Waals surface area contributed by atoms with Crippen LogP contribution in [0.4, 0.5) is 34.1 Å². The third-order valence-electron chi connectivity index (χ3n) is 14.6. The van der Waals surface area contributed by atoms with Crippen LogP contribution in [-0.2, 0) is 34.1 Å². The maximum Gasteiger partial charge on any atom is 0.640 e. The Kier molecular flexibility index (Phi) is 13.1. The van der Waals surface area contributed by atoms with E-state index in [1.165, 1.54) is 50.7 Å². The summed E-state index contributed by atoms with van der Waals surface area (Å²) in [5.74, 6) is 0. The third-order valence-corrected chi connectivity index (χ3v) is 15.2. The molecule has 7 nitrogen and oxygen atoms in total. The van der Waals surface area contributed by atoms with Gasteiger partial charge in [-0.3, -0.25) is 0 Å². The van der Waals surface area contributed by atoms with Gasteiger partial charge in [0.1, 0.15) is 0 Å². The van der Waals surface area contributed by atoms with Gasteiger partial charge < -0.3 is 33.1 Å². The minimum Gasteiger partial charge on any atom is -0.399 e. The van der Waals surface area contributed by atoms with Crippen molar-refractivity contribution in [2.45, 2.75) is 136 Å². The predicted molar refractivity (Wildman–Crippen MR) is 282 cm³/mol. The van der Waals surface area contributed by atoms with Crippen LogP contribution in [0.25, 0.3) is 0 Å². The number of anilines is 6. The Morgan fingerprint density at radius 3 is 1.04 bits per heavy atom. The van der Waals surface area contributed by atoms with E-state index in [2.05, 4.69) is 227 Å². The zero-order valence-corrected chi connectivity index (χ0v) is 43.5. The van der Waals surface area contributed by atoms with Gasteiger partial charge in [-0.25, -0.2) is 0 Å². The predicted octanol–water partition coefficient (Wildman–Crippen LogP) is 14.7. The summed E-state index contributed by atoms with van der Waals surface area (Å²) in [5.41, 5.74) is 12.4. The molecule has 67 heavy (non-hydrogen) atoms. The molecule has 0 atom stereocenters. The summed E-state index contributed by atoms with van der Waals surface area (Å²) in [7, 11) is -0.871. The first-order valence-electron chi connectivity index (χ1n) is 23.7. The molecule has 0 unspecified atom stereocenters. The van der Waals surface area contributed by atoms with E-state index in [9.17, 15) is 0 Å². The van der Waals surface area contributed by atoms with Crippen molar-refractivity contribution in [3.63, 3.8) is 0 Å². The fourth-order valence-electron chi connectivity index (χ4n) is 9.31. The van der Waals surface area contributed by atoms with E-state index in [0.29, 0.717) is 0 Å². The lowest BCUT2D eigenvalue weighted by atomic mass is 9.73. The highest BCUT2D eigenvalue weighted by atomic mass is 79.9. The highest BCUT2D eigenvalue weighted by Crippen LogP contribution is 2.53. The molecule has 0 aromatic heterocycles. The van der Waals surface area contributed by atoms with Crippen LogP contribution >= 0.6 is 15.9 Å². The highest BCUT2D eigenvalue weighted by Gasteiger charge is 2.53. The summed E-state index contributed by atoms with van der Waals surface area (Å²) in [6.45, 7) is 29.6. The van der Waals surface area contributed by atoms with Crippen LogP contribution in [0, 0.1) is 0 Å². The molecule has 348 valence electrons. The lowest BCUT2D eigenvalue weighted by Gasteiger charge is -2.42. The lowest BCUT2D eigenvalue weighted by Crippen LogP contribution is -2.41. The van der Waals surface area contributed by atoms with E-state index >= 15 is 0 Å². The molecule has 4 aliphatic heterocycles. The van der Waals surface area contributed by atoms with Gasteiger partial charge in [0.15, 0.2) is 0 Å². The smallest absolute Gasteiger partial charge is 0.399 e. The Bertz CT molecular complexity index is 2580. The van der Waals surface area contributed by atoms with E-state index in [0.717, 1.165) is 15.6 Å². The van der Waals surface area contributed by atoms with Crippen molar-refractivity contribution in [2.24, 2.45) is 0 Å². The molecule has 6 aromatic carbocycles. The molecule has 0 saturated carbocycles. The largest absolute Gasteiger partial charge is 0.640 e. The molecule has 0 amide bonds. The van der Waals surface area contributed by atoms with Gasteiger partial charge in [-0.1, -0.05) is 129 Å². The quantitative estimate of drug-likeness (QED) is 0.160. The molecule has 10 rings (SSSR count). The molecule has 0 radical (unpaired) electrons. The molecule has 0 spiro atoms. The first-order chi connectivity index (χ1) is 31.4. The van der Waals surface area contributed by atoms with E-state index < -0.39 is 7.32 Å². The number of hydrogen-bond acceptors (Lipinski definition) is 7. The molecular weight excluding hydrogens is 894 g/mol. The zero-order valence-electron chi connectivity index (χ0n) is 41.9. The molecule has 6 aromatic rings. The maximum absolute atomic E-state index is 6.24. The number of nitrogens with zero attached hydrogens (tertiary/aromatic N) is 2. The SMILES string of the molecule is CC(C)OB1OC(C)(C)C(C)(C)O1.CC1(C)c2ccccc2N(c2ccc(B3OC(C)(C)C(C)(C)O3)cc2)c2ccccc21.CC1(C)c2ccccc2N(c2ccc(Br)cc2)c2ccccc21. The van der Waals surface area contributed by atoms with Crippen LogP contribution in [-0.4, -0.2) is 42.9 Å². The van der Waals surface area contributed by atoms with E-state index in [1.807, 2.05) is 41.5 Å². The number of benzene rings is 6. The van der Waals surface area contributed by atoms with Crippen molar-refractivity contribution in [1.29, 1.82) is 0 Å². The number of para-hydroxylation sites is 4. The van der Waals surface area contributed by atoms with Crippen molar-refractivity contribution in [3.8, 4) is 0 Å². The van der Waals surface area contributed by atoms with E-state index in [-0.39, 0.29) is 46.5 Å². The molecular formula is C57H67B2BrN2O5. The van der Waals surface area contributed by atoms with Gasteiger partial charge in [-0.15, -0.1) is 0 Å². The van der Waals surface area contributed by atoms with E-state index in [1.54, 1.807) is 0 Å². The Hall–Kier alpha value is -4.67. The number of rotatable bonds is 5. The van der Waals surface area contributed by atoms with Crippen LogP contribution in [0.2, 0.25) is 0 Å². The van der Waals surface area contributed by atoms with Crippen molar-refractivity contribution >= 4 is 70.0 Å². The van der Waals surface area contributed by atoms with Crippen LogP contribution in [0.1, 0.15) is 119 Å². The molecule has 0 bridgehead atoms. The molecule has 4 aliphatic rings. The zero-order chi connectivity index (χ0) is 48.3. The summed E-state index contributed by atoms with van der Waals surface area (Å²) < 4.78 is 30.3. The number of halogens is 1. The third kappa shape index (κ3) is 9.18. The summed E-state index contributed by atoms with van der Waals surface area (Å²) in [6, 6.07) is 52.0. The molecule has 0 aliphatic carbocycles. The normalized spacial score (nSPS) is 19.5. The molecule has 2 fully saturated rings. The van der Waals surface area contributed by atoms with Crippen LogP contribution in [0.15, 0.2) is 150 Å². The molecule has 0 N–H and O–H groups in total. The Morgan fingerprint density at radius 1 is 0.418 bits per heavy atom. The summed E-state index contributed by atoms with van der Waals surface area (Å²) in [4.78, 5) is 4.73. The molecule has 10 heteroatoms. The average Bonchev–Trinajstić information content (AvgIpc) is 3.63. The molecule has 4 heterocycles. The topological polar surface area (TPSA) is 52.6 Å². The van der Waals surface area contributed by atoms with Crippen LogP contribution in [0.3, 0.4) is 0 Å². The Labute approximate surface area is 409 Å². The number of fused-ring (bicyclic) bond motifs is 4. The second kappa shape index (κ2) is 18.0. The minimum atomic E-state index is -0.523. The first kappa shape index (κ1) is 48.8. The monoisotopic (exact) mass is 960 g/mol. The van der Waals surface area contributed by atoms with Crippen molar-refractivity contribution < 1.29 is 23.3 Å². The second-order valence-corrected chi connectivity index (χ2v) is 22.3. The first-order valence-corrected chi connectivity index (χ1v) is 24.4. The summed E-state index contributed by atoms with van der Waals surface area (Å²) >= 11 is 3.53. The fourth-order valence-corrected chi connectivity index (χ4v) is 9.58. The second-order valence-electron chi connectivity index (χ2n) is 21.4. The van der Waals surface area contributed by atoms with Gasteiger partial charge in [-0.05, 0) is 158 Å². The van der Waals surface area contributed by atoms with Crippen LogP contribution < -0.4 is 15.3 Å². The average molecular weight is 962 g/mol. The van der Waals surface area contributed by atoms with Crippen molar-refractivity contribution in [3.05, 3.63) is 172 Å². The van der Waals surface area contributed by atoms with Gasteiger partial charge in [0, 0.05) is 32.8 Å². The summed E-state index contributed by atoms with van der Waals surface area (Å²) in [5, 5.41) is 0. The van der Waals surface area contributed by atoms with E-state index in [4.69, 9.17) is 23.3 Å². The highest BCUT2D eigenvalue weighted by molar-refractivity contribution is 9.10. The number of hydrogen-bond donors (Lipinski definition) is 0. The summed E-state index contributed by atoms with van der Waals surface area (Å²) in [6.07, 6.45) is 0.120. The van der Waals surface area contributed by atoms with Gasteiger partial charge in [0.25, 0.3) is 0 Å². The lowest BCUT2D eigenvalue weighted by molar-refractivity contribution is 0.00578. The minimum absolute atomic E-state index is 0.000942. The van der Waals surface area contributed by atoms with Crippen LogP contribution in [0.5, 0.6) is 0 Å². The van der Waals surface area contributed by atoms with Gasteiger partial charge in [-0.2, -0.15) is 0 Å². The van der Waals surface area contributed by atoms with Gasteiger partial charge in [0.05, 0.1) is 45.2 Å². The Morgan fingerprint density at radius 2 is 0.716 bits per heavy atom. The van der Waals surface area contributed by atoms with Crippen molar-refractivity contribution in [1.82, 2.24) is 0 Å². The van der Waals surface area contributed by atoms with Gasteiger partial charge >= 0.3 is 14.4 Å². The fraction of sp³-hybridized carbons (Fsp3) is 0.368. The standard InChI is InChI=1S/C27H30BNO2.C21H18BrN.C9H19BO3/c1-25(2)21-11-7-9-13-23(21)29(24-14-10-8-12-22(24)25)20-17-15-19(16-18-20)28-30-26(3,4)27(5,6)31-28;1-21(2)17-7-3-5-9-19(17)23(16-13-11-15(22)12-14-16)20-10-6-4-8-18(20)21;1-7(2)11-10-12-8(3,4)9(5,6)13-10/h7-18H,1-6H3;3-14H,1-2H3;7H,1-6H3. The van der Waals surface area contributed by atoms with Crippen molar-refractivity contribution in [2.75, 3.05) is 9.80 Å². The molecule has 2 saturated heterocycles. The maximum atomic E-state index is 6.24. The van der Waals surface area contributed by atoms with Gasteiger partial charge in [0.2, 0.25) is 0 Å².